The van der Waals surface area contributed by atoms with E-state index < -0.39 is 0 Å². The highest BCUT2D eigenvalue weighted by molar-refractivity contribution is 5.69. The first-order valence-corrected chi connectivity index (χ1v) is 11.6. The largest absolute Gasteiger partial charge is 0.462 e. The minimum absolute atomic E-state index is 0.0103. The fraction of sp³-hybridized carbons (Fsp3) is 0.957. The molecular formula is C23H46O4. The van der Waals surface area contributed by atoms with Gasteiger partial charge in [0.15, 0.2) is 0 Å². The first-order valence-electron chi connectivity index (χ1n) is 11.6. The maximum absolute atomic E-state index is 12.2. The third kappa shape index (κ3) is 17.2. The van der Waals surface area contributed by atoms with Crippen LogP contribution in [0, 0.1) is 5.92 Å². The molecule has 0 atom stereocenters. The molecule has 0 heterocycles. The summed E-state index contributed by atoms with van der Waals surface area (Å²) in [6.07, 6.45) is 17.3. The summed E-state index contributed by atoms with van der Waals surface area (Å²) in [7, 11) is 0. The number of aliphatic hydroxyl groups is 2. The van der Waals surface area contributed by atoms with Gasteiger partial charge in [-0.3, -0.25) is 4.79 Å². The molecule has 0 spiro atoms. The van der Waals surface area contributed by atoms with Gasteiger partial charge in [-0.05, 0) is 38.5 Å². The Morgan fingerprint density at radius 3 is 1.70 bits per heavy atom. The highest BCUT2D eigenvalue weighted by atomic mass is 16.5. The average molecular weight is 387 g/mol. The normalized spacial score (nSPS) is 11.5. The van der Waals surface area contributed by atoms with Gasteiger partial charge >= 0.3 is 5.97 Å². The lowest BCUT2D eigenvalue weighted by atomic mass is 10.0. The van der Waals surface area contributed by atoms with Crippen molar-refractivity contribution in [3.63, 3.8) is 0 Å². The first-order chi connectivity index (χ1) is 13.2. The molecule has 0 fully saturated rings. The monoisotopic (exact) mass is 386 g/mol. The van der Waals surface area contributed by atoms with Gasteiger partial charge in [0.05, 0.1) is 0 Å². The van der Waals surface area contributed by atoms with Crippen molar-refractivity contribution >= 4 is 5.97 Å². The van der Waals surface area contributed by atoms with Crippen molar-refractivity contribution in [2.75, 3.05) is 13.2 Å². The Morgan fingerprint density at radius 1 is 0.704 bits per heavy atom. The van der Waals surface area contributed by atoms with Crippen LogP contribution in [0.2, 0.25) is 0 Å². The minimum atomic E-state index is -0.0328. The highest BCUT2D eigenvalue weighted by Crippen LogP contribution is 2.17. The fourth-order valence-electron chi connectivity index (χ4n) is 3.40. The molecule has 162 valence electrons. The molecule has 4 heteroatoms. The van der Waals surface area contributed by atoms with Gasteiger partial charge in [0.1, 0.15) is 6.10 Å². The SMILES string of the molecule is CCCCCCC(CCCCCC)OC(=O)CCCCCCC(CO)CO. The molecule has 0 aliphatic carbocycles. The van der Waals surface area contributed by atoms with Gasteiger partial charge in [0, 0.05) is 25.6 Å². The van der Waals surface area contributed by atoms with E-state index in [1.807, 2.05) is 0 Å². The zero-order chi connectivity index (χ0) is 20.2. The predicted octanol–water partition coefficient (Wildman–Crippen LogP) is 5.78. The van der Waals surface area contributed by atoms with Gasteiger partial charge in [0.2, 0.25) is 0 Å². The summed E-state index contributed by atoms with van der Waals surface area (Å²) in [5, 5.41) is 18.1. The molecule has 0 aromatic rings. The third-order valence-corrected chi connectivity index (χ3v) is 5.32. The fourth-order valence-corrected chi connectivity index (χ4v) is 3.40. The van der Waals surface area contributed by atoms with Crippen LogP contribution in [0.4, 0.5) is 0 Å². The number of aliphatic hydroxyl groups excluding tert-OH is 2. The summed E-state index contributed by atoms with van der Waals surface area (Å²) in [6.45, 7) is 4.55. The molecule has 0 rings (SSSR count). The van der Waals surface area contributed by atoms with Crippen LogP contribution < -0.4 is 0 Å². The number of hydrogen-bond donors (Lipinski definition) is 2. The van der Waals surface area contributed by atoms with Gasteiger partial charge in [-0.1, -0.05) is 71.6 Å². The maximum Gasteiger partial charge on any atom is 0.306 e. The molecule has 0 aromatic heterocycles. The number of ether oxygens (including phenoxy) is 1. The van der Waals surface area contributed by atoms with Crippen molar-refractivity contribution in [1.82, 2.24) is 0 Å². The highest BCUT2D eigenvalue weighted by Gasteiger charge is 2.14. The zero-order valence-corrected chi connectivity index (χ0v) is 18.1. The maximum atomic E-state index is 12.2. The third-order valence-electron chi connectivity index (χ3n) is 5.32. The molecule has 0 unspecified atom stereocenters. The number of hydrogen-bond acceptors (Lipinski definition) is 4. The smallest absolute Gasteiger partial charge is 0.306 e. The second-order valence-electron chi connectivity index (χ2n) is 7.99. The van der Waals surface area contributed by atoms with Gasteiger partial charge in [-0.15, -0.1) is 0 Å². The average Bonchev–Trinajstić information content (AvgIpc) is 2.67. The second-order valence-corrected chi connectivity index (χ2v) is 7.99. The van der Waals surface area contributed by atoms with Crippen molar-refractivity contribution in [2.45, 2.75) is 123 Å². The van der Waals surface area contributed by atoms with Crippen molar-refractivity contribution in [3.05, 3.63) is 0 Å². The van der Waals surface area contributed by atoms with E-state index in [0.717, 1.165) is 57.8 Å². The van der Waals surface area contributed by atoms with E-state index >= 15 is 0 Å². The summed E-state index contributed by atoms with van der Waals surface area (Å²) >= 11 is 0. The van der Waals surface area contributed by atoms with E-state index in [1.165, 1.54) is 38.5 Å². The molecule has 0 radical (unpaired) electrons. The van der Waals surface area contributed by atoms with Gasteiger partial charge in [0.25, 0.3) is 0 Å². The number of carbonyl (C=O) groups is 1. The second kappa shape index (κ2) is 20.1. The Hall–Kier alpha value is -0.610. The van der Waals surface area contributed by atoms with Gasteiger partial charge in [-0.2, -0.15) is 0 Å². The lowest BCUT2D eigenvalue weighted by Crippen LogP contribution is -2.18. The summed E-state index contributed by atoms with van der Waals surface area (Å²) in [5.41, 5.74) is 0. The van der Waals surface area contributed by atoms with E-state index in [4.69, 9.17) is 14.9 Å². The number of carbonyl (C=O) groups excluding carboxylic acids is 1. The van der Waals surface area contributed by atoms with E-state index in [9.17, 15) is 4.79 Å². The molecule has 0 aliphatic heterocycles. The Balaban J connectivity index is 3.92. The molecular weight excluding hydrogens is 340 g/mol. The van der Waals surface area contributed by atoms with Crippen molar-refractivity contribution in [2.24, 2.45) is 5.92 Å². The molecule has 2 N–H and O–H groups in total. The molecule has 27 heavy (non-hydrogen) atoms. The van der Waals surface area contributed by atoms with Crippen LogP contribution in [0.25, 0.3) is 0 Å². The van der Waals surface area contributed by atoms with Gasteiger partial charge in [-0.25, -0.2) is 0 Å². The van der Waals surface area contributed by atoms with Crippen molar-refractivity contribution in [3.8, 4) is 0 Å². The molecule has 0 aliphatic rings. The predicted molar refractivity (Wildman–Crippen MR) is 113 cm³/mol. The number of unbranched alkanes of at least 4 members (excludes halogenated alkanes) is 9. The van der Waals surface area contributed by atoms with Crippen LogP contribution in [0.3, 0.4) is 0 Å². The quantitative estimate of drug-likeness (QED) is 0.205. The molecule has 0 saturated carbocycles. The van der Waals surface area contributed by atoms with E-state index in [-0.39, 0.29) is 31.2 Å². The van der Waals surface area contributed by atoms with Gasteiger partial charge < -0.3 is 14.9 Å². The van der Waals surface area contributed by atoms with E-state index in [1.54, 1.807) is 0 Å². The summed E-state index contributed by atoms with van der Waals surface area (Å²) < 4.78 is 5.79. The van der Waals surface area contributed by atoms with Crippen LogP contribution in [0.1, 0.15) is 117 Å². The Labute approximate surface area is 168 Å². The lowest BCUT2D eigenvalue weighted by Gasteiger charge is -2.18. The van der Waals surface area contributed by atoms with Crippen LogP contribution >= 0.6 is 0 Å². The van der Waals surface area contributed by atoms with Crippen LogP contribution in [-0.2, 0) is 9.53 Å². The molecule has 0 aromatic carbocycles. The Kier molecular flexibility index (Phi) is 19.7. The number of rotatable bonds is 20. The minimum Gasteiger partial charge on any atom is -0.462 e. The van der Waals surface area contributed by atoms with E-state index in [0.29, 0.717) is 6.42 Å². The molecule has 0 amide bonds. The van der Waals surface area contributed by atoms with Crippen LogP contribution in [-0.4, -0.2) is 35.5 Å². The first kappa shape index (κ1) is 26.4. The topological polar surface area (TPSA) is 66.8 Å². The van der Waals surface area contributed by atoms with Crippen LogP contribution in [0.15, 0.2) is 0 Å². The summed E-state index contributed by atoms with van der Waals surface area (Å²) in [4.78, 5) is 12.2. The standard InChI is InChI=1S/C23H46O4/c1-3-5-7-12-16-22(17-13-8-6-4-2)27-23(26)18-14-10-9-11-15-21(19-24)20-25/h21-22,24-25H,3-20H2,1-2H3. The van der Waals surface area contributed by atoms with Crippen molar-refractivity contribution in [1.29, 1.82) is 0 Å². The van der Waals surface area contributed by atoms with E-state index in [2.05, 4.69) is 13.8 Å². The summed E-state index contributed by atoms with van der Waals surface area (Å²) in [5.74, 6) is -0.0225. The summed E-state index contributed by atoms with van der Waals surface area (Å²) in [6, 6.07) is 0. The number of esters is 1. The Morgan fingerprint density at radius 2 is 1.19 bits per heavy atom. The Bertz CT molecular complexity index is 304. The molecule has 4 nitrogen and oxygen atoms in total. The van der Waals surface area contributed by atoms with Crippen LogP contribution in [0.5, 0.6) is 0 Å². The van der Waals surface area contributed by atoms with Crippen molar-refractivity contribution < 1.29 is 19.7 Å². The molecule has 0 saturated heterocycles. The molecule has 0 bridgehead atoms. The zero-order valence-electron chi connectivity index (χ0n) is 18.1. The lowest BCUT2D eigenvalue weighted by molar-refractivity contribution is -0.150.